The molecule has 0 saturated carbocycles. The number of thioether (sulfide) groups is 1. The normalized spacial score (nSPS) is 14.1. The SMILES string of the molecule is COCCn1c(SCC(=O)c2ccc3c(c2)CCCN3S(C)(=O)=O)nc2ccccc21. The maximum absolute atomic E-state index is 12.9. The van der Waals surface area contributed by atoms with Gasteiger partial charge in [0.25, 0.3) is 0 Å². The second-order valence-corrected chi connectivity index (χ2v) is 10.4. The molecular weight excluding hydrogens is 434 g/mol. The van der Waals surface area contributed by atoms with Crippen LogP contribution in [0, 0.1) is 0 Å². The molecule has 2 aromatic carbocycles. The summed E-state index contributed by atoms with van der Waals surface area (Å²) in [4.78, 5) is 17.6. The molecule has 0 bridgehead atoms. The number of imidazole rings is 1. The number of rotatable bonds is 8. The fourth-order valence-electron chi connectivity index (χ4n) is 3.86. The zero-order valence-electron chi connectivity index (χ0n) is 17.6. The largest absolute Gasteiger partial charge is 0.383 e. The van der Waals surface area contributed by atoms with Crippen molar-refractivity contribution in [1.29, 1.82) is 0 Å². The number of benzene rings is 2. The van der Waals surface area contributed by atoms with Crippen molar-refractivity contribution in [1.82, 2.24) is 9.55 Å². The number of fused-ring (bicyclic) bond motifs is 2. The second-order valence-electron chi connectivity index (χ2n) is 7.52. The van der Waals surface area contributed by atoms with Crippen LogP contribution in [0.1, 0.15) is 22.3 Å². The number of ether oxygens (including phenoxy) is 1. The van der Waals surface area contributed by atoms with Gasteiger partial charge < -0.3 is 9.30 Å². The van der Waals surface area contributed by atoms with Crippen molar-refractivity contribution in [2.45, 2.75) is 24.5 Å². The lowest BCUT2D eigenvalue weighted by Gasteiger charge is -2.29. The molecule has 0 aliphatic carbocycles. The van der Waals surface area contributed by atoms with Crippen molar-refractivity contribution < 1.29 is 17.9 Å². The van der Waals surface area contributed by atoms with E-state index in [9.17, 15) is 13.2 Å². The fourth-order valence-corrected chi connectivity index (χ4v) is 5.79. The summed E-state index contributed by atoms with van der Waals surface area (Å²) < 4.78 is 32.8. The van der Waals surface area contributed by atoms with Gasteiger partial charge in [0.05, 0.1) is 35.3 Å². The predicted molar refractivity (Wildman–Crippen MR) is 124 cm³/mol. The van der Waals surface area contributed by atoms with Crippen LogP contribution in [-0.2, 0) is 27.7 Å². The second kappa shape index (κ2) is 9.02. The number of sulfonamides is 1. The van der Waals surface area contributed by atoms with E-state index in [0.29, 0.717) is 30.9 Å². The predicted octanol–water partition coefficient (Wildman–Crippen LogP) is 3.37. The van der Waals surface area contributed by atoms with Crippen molar-refractivity contribution in [3.63, 3.8) is 0 Å². The quantitative estimate of drug-likeness (QED) is 0.380. The van der Waals surface area contributed by atoms with E-state index in [2.05, 4.69) is 9.55 Å². The van der Waals surface area contributed by atoms with Crippen LogP contribution < -0.4 is 4.31 Å². The summed E-state index contributed by atoms with van der Waals surface area (Å²) in [5.74, 6) is 0.250. The minimum Gasteiger partial charge on any atom is -0.383 e. The number of ketones is 1. The first kappa shape index (κ1) is 21.9. The van der Waals surface area contributed by atoms with Gasteiger partial charge in [0.15, 0.2) is 10.9 Å². The minimum absolute atomic E-state index is 0.00498. The van der Waals surface area contributed by atoms with Crippen LogP contribution in [0.25, 0.3) is 11.0 Å². The average molecular weight is 460 g/mol. The third kappa shape index (κ3) is 4.63. The summed E-state index contributed by atoms with van der Waals surface area (Å²) in [6.07, 6.45) is 2.73. The minimum atomic E-state index is -3.32. The molecule has 7 nitrogen and oxygen atoms in total. The number of carbonyl (C=O) groups excluding carboxylic acids is 1. The van der Waals surface area contributed by atoms with E-state index in [0.717, 1.165) is 34.6 Å². The third-order valence-corrected chi connectivity index (χ3v) is 7.51. The van der Waals surface area contributed by atoms with Gasteiger partial charge in [-0.3, -0.25) is 9.10 Å². The van der Waals surface area contributed by atoms with Crippen LogP contribution >= 0.6 is 11.8 Å². The van der Waals surface area contributed by atoms with E-state index in [1.54, 1.807) is 19.2 Å². The van der Waals surface area contributed by atoms with Crippen molar-refractivity contribution in [3.05, 3.63) is 53.6 Å². The Bertz CT molecular complexity index is 1220. The molecule has 0 N–H and O–H groups in total. The van der Waals surface area contributed by atoms with Crippen molar-refractivity contribution in [2.75, 3.05) is 36.6 Å². The number of para-hydroxylation sites is 2. The van der Waals surface area contributed by atoms with Gasteiger partial charge in [-0.05, 0) is 48.7 Å². The van der Waals surface area contributed by atoms with Crippen molar-refractivity contribution >= 4 is 44.3 Å². The molecule has 1 aliphatic heterocycles. The van der Waals surface area contributed by atoms with E-state index in [1.807, 2.05) is 30.3 Å². The van der Waals surface area contributed by atoms with Gasteiger partial charge in [-0.15, -0.1) is 0 Å². The van der Waals surface area contributed by atoms with Crippen molar-refractivity contribution in [2.24, 2.45) is 0 Å². The molecule has 2 heterocycles. The third-order valence-electron chi connectivity index (χ3n) is 5.35. The molecule has 9 heteroatoms. The van der Waals surface area contributed by atoms with Gasteiger partial charge in [0, 0.05) is 25.8 Å². The van der Waals surface area contributed by atoms with E-state index < -0.39 is 10.0 Å². The van der Waals surface area contributed by atoms with Crippen LogP contribution in [0.2, 0.25) is 0 Å². The lowest BCUT2D eigenvalue weighted by Crippen LogP contribution is -2.34. The Morgan fingerprint density at radius 1 is 1.23 bits per heavy atom. The summed E-state index contributed by atoms with van der Waals surface area (Å²) in [6, 6.07) is 13.2. The van der Waals surface area contributed by atoms with E-state index in [1.165, 1.54) is 22.3 Å². The summed E-state index contributed by atoms with van der Waals surface area (Å²) in [5, 5.41) is 0.785. The molecule has 0 fully saturated rings. The Morgan fingerprint density at radius 2 is 2.03 bits per heavy atom. The number of hydrogen-bond acceptors (Lipinski definition) is 6. The van der Waals surface area contributed by atoms with Gasteiger partial charge in [-0.25, -0.2) is 13.4 Å². The Kier molecular flexibility index (Phi) is 6.36. The molecule has 1 aromatic heterocycles. The zero-order valence-corrected chi connectivity index (χ0v) is 19.2. The summed E-state index contributed by atoms with van der Waals surface area (Å²) in [6.45, 7) is 1.70. The van der Waals surface area contributed by atoms with E-state index >= 15 is 0 Å². The lowest BCUT2D eigenvalue weighted by atomic mass is 9.99. The van der Waals surface area contributed by atoms with Gasteiger partial charge in [0.2, 0.25) is 10.0 Å². The molecule has 164 valence electrons. The van der Waals surface area contributed by atoms with Crippen LogP contribution in [0.4, 0.5) is 5.69 Å². The zero-order chi connectivity index (χ0) is 22.0. The Morgan fingerprint density at radius 3 is 2.81 bits per heavy atom. The van der Waals surface area contributed by atoms with Gasteiger partial charge >= 0.3 is 0 Å². The molecule has 0 saturated heterocycles. The highest BCUT2D eigenvalue weighted by atomic mass is 32.2. The number of aryl methyl sites for hydroxylation is 1. The van der Waals surface area contributed by atoms with Crippen molar-refractivity contribution in [3.8, 4) is 0 Å². The smallest absolute Gasteiger partial charge is 0.232 e. The molecule has 3 aromatic rings. The average Bonchev–Trinajstić information content (AvgIpc) is 3.11. The van der Waals surface area contributed by atoms with Gasteiger partial charge in [0.1, 0.15) is 0 Å². The highest BCUT2D eigenvalue weighted by molar-refractivity contribution is 7.99. The van der Waals surface area contributed by atoms with Crippen LogP contribution in [0.5, 0.6) is 0 Å². The van der Waals surface area contributed by atoms with Gasteiger partial charge in [-0.1, -0.05) is 23.9 Å². The molecule has 1 aliphatic rings. The summed E-state index contributed by atoms with van der Waals surface area (Å²) in [5.41, 5.74) is 4.09. The molecule has 0 atom stereocenters. The number of carbonyl (C=O) groups is 1. The number of Topliss-reactive ketones (excluding diaryl/α,β-unsaturated/α-hetero) is 1. The van der Waals surface area contributed by atoms with Gasteiger partial charge in [-0.2, -0.15) is 0 Å². The first-order chi connectivity index (χ1) is 14.9. The topological polar surface area (TPSA) is 81.5 Å². The molecule has 0 spiro atoms. The number of hydrogen-bond donors (Lipinski definition) is 0. The molecule has 0 amide bonds. The highest BCUT2D eigenvalue weighted by Crippen LogP contribution is 2.31. The first-order valence-electron chi connectivity index (χ1n) is 10.1. The number of aromatic nitrogens is 2. The molecular formula is C22H25N3O4S2. The highest BCUT2D eigenvalue weighted by Gasteiger charge is 2.25. The maximum Gasteiger partial charge on any atom is 0.232 e. The molecule has 0 unspecified atom stereocenters. The molecule has 4 rings (SSSR count). The molecule has 0 radical (unpaired) electrons. The fraction of sp³-hybridized carbons (Fsp3) is 0.364. The van der Waals surface area contributed by atoms with Crippen LogP contribution in [0.15, 0.2) is 47.6 Å². The first-order valence-corrected chi connectivity index (χ1v) is 12.9. The Hall–Kier alpha value is -2.36. The Labute approximate surface area is 186 Å². The monoisotopic (exact) mass is 459 g/mol. The van der Waals surface area contributed by atoms with E-state index in [4.69, 9.17) is 4.74 Å². The van der Waals surface area contributed by atoms with E-state index in [-0.39, 0.29) is 11.5 Å². The molecule has 31 heavy (non-hydrogen) atoms. The van der Waals surface area contributed by atoms with Crippen LogP contribution in [0.3, 0.4) is 0 Å². The lowest BCUT2D eigenvalue weighted by molar-refractivity contribution is 0.102. The number of anilines is 1. The standard InChI is InChI=1S/C22H25N3O4S2/c1-29-13-12-24-20-8-4-3-7-18(20)23-22(24)30-15-21(26)17-9-10-19-16(14-17)6-5-11-25(19)31(2,27)28/h3-4,7-10,14H,5-6,11-13,15H2,1-2H3. The Balaban J connectivity index is 1.53. The number of methoxy groups -OCH3 is 1. The maximum atomic E-state index is 12.9. The number of nitrogens with zero attached hydrogens (tertiary/aromatic N) is 3. The summed E-state index contributed by atoms with van der Waals surface area (Å²) >= 11 is 1.41. The summed E-state index contributed by atoms with van der Waals surface area (Å²) in [7, 11) is -1.66. The van der Waals surface area contributed by atoms with Crippen LogP contribution in [-0.4, -0.2) is 56.0 Å².